The molecule has 2 rings (SSSR count). The van der Waals surface area contributed by atoms with Crippen LogP contribution in [0.5, 0.6) is 0 Å². The van der Waals surface area contributed by atoms with Crippen LogP contribution in [0.4, 0.5) is 0 Å². The zero-order valence-electron chi connectivity index (χ0n) is 12.2. The van der Waals surface area contributed by atoms with Crippen molar-refractivity contribution in [1.29, 1.82) is 0 Å². The third kappa shape index (κ3) is 3.44. The van der Waals surface area contributed by atoms with Crippen LogP contribution in [-0.2, 0) is 19.6 Å². The summed E-state index contributed by atoms with van der Waals surface area (Å²) in [6.45, 7) is 11.0. The van der Waals surface area contributed by atoms with Crippen LogP contribution >= 0.6 is 0 Å². The van der Waals surface area contributed by atoms with Gasteiger partial charge in [-0.1, -0.05) is 0 Å². The summed E-state index contributed by atoms with van der Waals surface area (Å²) in [4.78, 5) is 0. The zero-order chi connectivity index (χ0) is 13.8. The first-order valence-electron chi connectivity index (χ1n) is 6.87. The lowest BCUT2D eigenvalue weighted by molar-refractivity contribution is 0.521. The normalized spacial score (nSPS) is 11.4. The summed E-state index contributed by atoms with van der Waals surface area (Å²) in [6, 6.07) is 2.48. The van der Waals surface area contributed by atoms with E-state index in [1.54, 1.807) is 0 Å². The van der Waals surface area contributed by atoms with Gasteiger partial charge in [0, 0.05) is 43.6 Å². The highest BCUT2D eigenvalue weighted by molar-refractivity contribution is 5.15. The Kier molecular flexibility index (Phi) is 4.37. The van der Waals surface area contributed by atoms with E-state index in [1.807, 2.05) is 15.6 Å². The molecule has 0 atom stereocenters. The molecule has 19 heavy (non-hydrogen) atoms. The van der Waals surface area contributed by atoms with Crippen molar-refractivity contribution in [3.05, 3.63) is 35.4 Å². The maximum absolute atomic E-state index is 4.52. The molecular weight excluding hydrogens is 238 g/mol. The van der Waals surface area contributed by atoms with Crippen LogP contribution in [0.25, 0.3) is 0 Å². The van der Waals surface area contributed by atoms with Gasteiger partial charge in [-0.25, -0.2) is 0 Å². The van der Waals surface area contributed by atoms with Crippen molar-refractivity contribution in [2.75, 3.05) is 0 Å². The lowest BCUT2D eigenvalue weighted by atomic mass is 10.2. The van der Waals surface area contributed by atoms with E-state index >= 15 is 0 Å². The number of aryl methyl sites for hydroxylation is 2. The summed E-state index contributed by atoms with van der Waals surface area (Å²) in [5.74, 6) is 0. The second-order valence-electron chi connectivity index (χ2n) is 5.08. The van der Waals surface area contributed by atoms with Gasteiger partial charge >= 0.3 is 0 Å². The van der Waals surface area contributed by atoms with E-state index in [0.29, 0.717) is 6.04 Å². The SMILES string of the molecule is CCn1cc(CNCc2ccn(C(C)C)n2)c(C)n1. The summed E-state index contributed by atoms with van der Waals surface area (Å²) in [6.07, 6.45) is 4.14. The first-order valence-corrected chi connectivity index (χ1v) is 6.87. The second kappa shape index (κ2) is 6.02. The third-order valence-electron chi connectivity index (χ3n) is 3.19. The van der Waals surface area contributed by atoms with Crippen molar-refractivity contribution in [2.45, 2.75) is 53.4 Å². The highest BCUT2D eigenvalue weighted by atomic mass is 15.3. The Morgan fingerprint density at radius 1 is 1.26 bits per heavy atom. The molecule has 5 nitrogen and oxygen atoms in total. The van der Waals surface area contributed by atoms with Gasteiger partial charge in [0.05, 0.1) is 11.4 Å². The van der Waals surface area contributed by atoms with Crippen LogP contribution in [0, 0.1) is 6.92 Å². The van der Waals surface area contributed by atoms with Crippen molar-refractivity contribution >= 4 is 0 Å². The van der Waals surface area contributed by atoms with Gasteiger partial charge in [-0.2, -0.15) is 10.2 Å². The number of hydrogen-bond donors (Lipinski definition) is 1. The van der Waals surface area contributed by atoms with E-state index in [-0.39, 0.29) is 0 Å². The van der Waals surface area contributed by atoms with E-state index < -0.39 is 0 Å². The Hall–Kier alpha value is -1.62. The molecule has 0 radical (unpaired) electrons. The molecule has 0 aliphatic carbocycles. The Balaban J connectivity index is 1.87. The quantitative estimate of drug-likeness (QED) is 0.868. The smallest absolute Gasteiger partial charge is 0.0762 e. The number of aromatic nitrogens is 4. The van der Waals surface area contributed by atoms with Crippen molar-refractivity contribution in [3.63, 3.8) is 0 Å². The minimum atomic E-state index is 0.416. The molecule has 1 N–H and O–H groups in total. The molecule has 0 unspecified atom stereocenters. The largest absolute Gasteiger partial charge is 0.307 e. The van der Waals surface area contributed by atoms with Crippen molar-refractivity contribution in [2.24, 2.45) is 0 Å². The van der Waals surface area contributed by atoms with Crippen LogP contribution in [0.15, 0.2) is 18.5 Å². The first-order chi connectivity index (χ1) is 9.10. The van der Waals surface area contributed by atoms with Crippen LogP contribution in [0.3, 0.4) is 0 Å². The van der Waals surface area contributed by atoms with Crippen LogP contribution in [-0.4, -0.2) is 19.6 Å². The maximum atomic E-state index is 4.52. The summed E-state index contributed by atoms with van der Waals surface area (Å²) < 4.78 is 3.96. The predicted molar refractivity (Wildman–Crippen MR) is 75.8 cm³/mol. The molecule has 0 aliphatic heterocycles. The molecule has 0 spiro atoms. The molecule has 0 bridgehead atoms. The Morgan fingerprint density at radius 3 is 2.63 bits per heavy atom. The van der Waals surface area contributed by atoms with Gasteiger partial charge in [-0.15, -0.1) is 0 Å². The van der Waals surface area contributed by atoms with Gasteiger partial charge in [0.1, 0.15) is 0 Å². The van der Waals surface area contributed by atoms with E-state index in [1.165, 1.54) is 5.56 Å². The minimum absolute atomic E-state index is 0.416. The third-order valence-corrected chi connectivity index (χ3v) is 3.19. The fourth-order valence-corrected chi connectivity index (χ4v) is 1.98. The average molecular weight is 261 g/mol. The van der Waals surface area contributed by atoms with Gasteiger partial charge in [0.15, 0.2) is 0 Å². The van der Waals surface area contributed by atoms with Gasteiger partial charge < -0.3 is 5.32 Å². The molecule has 0 saturated carbocycles. The zero-order valence-corrected chi connectivity index (χ0v) is 12.2. The number of hydrogen-bond acceptors (Lipinski definition) is 3. The van der Waals surface area contributed by atoms with Gasteiger partial charge in [-0.05, 0) is 33.8 Å². The molecule has 2 heterocycles. The first kappa shape index (κ1) is 13.8. The number of nitrogens with one attached hydrogen (secondary N) is 1. The summed E-state index contributed by atoms with van der Waals surface area (Å²) in [5, 5.41) is 12.4. The molecule has 0 aliphatic rings. The Morgan fingerprint density at radius 2 is 2.05 bits per heavy atom. The van der Waals surface area contributed by atoms with Gasteiger partial charge in [-0.3, -0.25) is 9.36 Å². The molecule has 0 saturated heterocycles. The highest BCUT2D eigenvalue weighted by Gasteiger charge is 2.05. The van der Waals surface area contributed by atoms with E-state index in [9.17, 15) is 0 Å². The molecule has 0 aromatic carbocycles. The van der Waals surface area contributed by atoms with E-state index in [2.05, 4.69) is 55.5 Å². The summed E-state index contributed by atoms with van der Waals surface area (Å²) in [7, 11) is 0. The van der Waals surface area contributed by atoms with Crippen LogP contribution < -0.4 is 5.32 Å². The Labute approximate surface area is 114 Å². The minimum Gasteiger partial charge on any atom is -0.307 e. The lowest BCUT2D eigenvalue weighted by Crippen LogP contribution is -2.14. The van der Waals surface area contributed by atoms with Crippen LogP contribution in [0.2, 0.25) is 0 Å². The topological polar surface area (TPSA) is 47.7 Å². The summed E-state index contributed by atoms with van der Waals surface area (Å²) in [5.41, 5.74) is 3.43. The van der Waals surface area contributed by atoms with Gasteiger partial charge in [0.2, 0.25) is 0 Å². The standard InChI is InChI=1S/C14H23N5/c1-5-18-10-13(12(4)16-18)8-15-9-14-6-7-19(17-14)11(2)3/h6-7,10-11,15H,5,8-9H2,1-4H3. The van der Waals surface area contributed by atoms with E-state index in [4.69, 9.17) is 0 Å². The second-order valence-corrected chi connectivity index (χ2v) is 5.08. The molecule has 104 valence electrons. The monoisotopic (exact) mass is 261 g/mol. The van der Waals surface area contributed by atoms with Crippen molar-refractivity contribution in [3.8, 4) is 0 Å². The Bertz CT molecular complexity index is 524. The van der Waals surface area contributed by atoms with Crippen LogP contribution in [0.1, 0.15) is 43.8 Å². The molecule has 2 aromatic rings. The number of nitrogens with zero attached hydrogens (tertiary/aromatic N) is 4. The van der Waals surface area contributed by atoms with Crippen molar-refractivity contribution in [1.82, 2.24) is 24.9 Å². The maximum Gasteiger partial charge on any atom is 0.0762 e. The molecule has 0 fully saturated rings. The highest BCUT2D eigenvalue weighted by Crippen LogP contribution is 2.07. The predicted octanol–water partition coefficient (Wildman–Crippen LogP) is 2.28. The average Bonchev–Trinajstić information content (AvgIpc) is 2.97. The lowest BCUT2D eigenvalue weighted by Gasteiger charge is -2.04. The molecule has 2 aromatic heterocycles. The van der Waals surface area contributed by atoms with Gasteiger partial charge in [0.25, 0.3) is 0 Å². The molecular formula is C14H23N5. The number of rotatable bonds is 6. The fourth-order valence-electron chi connectivity index (χ4n) is 1.98. The molecule has 0 amide bonds. The molecule has 5 heteroatoms. The summed E-state index contributed by atoms with van der Waals surface area (Å²) >= 11 is 0. The van der Waals surface area contributed by atoms with E-state index in [0.717, 1.165) is 31.0 Å². The fraction of sp³-hybridized carbons (Fsp3) is 0.571. The van der Waals surface area contributed by atoms with Crippen molar-refractivity contribution < 1.29 is 0 Å².